The number of anilines is 1. The highest BCUT2D eigenvalue weighted by Crippen LogP contribution is 2.31. The van der Waals surface area contributed by atoms with Crippen LogP contribution in [-0.4, -0.2) is 56.6 Å². The molecule has 0 saturated carbocycles. The highest BCUT2D eigenvalue weighted by atomic mass is 32.2. The van der Waals surface area contributed by atoms with Gasteiger partial charge < -0.3 is 19.5 Å². The molecule has 3 N–H and O–H groups in total. The number of alkyl halides is 1. The van der Waals surface area contributed by atoms with Gasteiger partial charge in [-0.25, -0.2) is 14.4 Å². The summed E-state index contributed by atoms with van der Waals surface area (Å²) >= 11 is 1.40. The second-order valence-corrected chi connectivity index (χ2v) is 9.67. The molecule has 2 atom stereocenters. The second kappa shape index (κ2) is 10.7. The summed E-state index contributed by atoms with van der Waals surface area (Å²) in [7, 11) is 0. The number of piperidine rings is 1. The average molecular weight is 510 g/mol. The molecule has 1 saturated heterocycles. The molecule has 4 aromatic rings. The monoisotopic (exact) mass is 509 g/mol. The third-order valence-corrected chi connectivity index (χ3v) is 6.44. The van der Waals surface area contributed by atoms with Gasteiger partial charge in [-0.1, -0.05) is 0 Å². The minimum Gasteiger partial charge on any atom is -0.491 e. The fraction of sp³-hybridized carbons (Fsp3) is 0.360. The van der Waals surface area contributed by atoms with E-state index in [0.29, 0.717) is 35.7 Å². The average Bonchev–Trinajstić information content (AvgIpc) is 3.25. The van der Waals surface area contributed by atoms with Gasteiger partial charge in [-0.3, -0.25) is 5.10 Å². The lowest BCUT2D eigenvalue weighted by atomic mass is 10.1. The van der Waals surface area contributed by atoms with Crippen LogP contribution in [0.25, 0.3) is 22.4 Å². The summed E-state index contributed by atoms with van der Waals surface area (Å²) in [4.78, 5) is 13.6. The van der Waals surface area contributed by atoms with E-state index >= 15 is 0 Å². The molecule has 0 amide bonds. The number of ether oxygens (including phenoxy) is 2. The number of aromatic nitrogens is 5. The van der Waals surface area contributed by atoms with Crippen molar-refractivity contribution in [1.82, 2.24) is 30.5 Å². The number of nitrogens with one attached hydrogen (secondary N) is 3. The molecule has 1 aliphatic heterocycles. The normalized spacial score (nSPS) is 17.9. The third-order valence-electron chi connectivity index (χ3n) is 5.67. The lowest BCUT2D eigenvalue weighted by Gasteiger charge is -2.27. The van der Waals surface area contributed by atoms with Gasteiger partial charge in [-0.2, -0.15) is 10.1 Å². The van der Waals surface area contributed by atoms with Crippen molar-refractivity contribution in [2.24, 2.45) is 0 Å². The predicted octanol–water partition coefficient (Wildman–Crippen LogP) is 4.71. The molecule has 1 aromatic carbocycles. The van der Waals surface area contributed by atoms with Crippen molar-refractivity contribution in [2.75, 3.05) is 17.8 Å². The molecule has 1 aliphatic rings. The number of rotatable bonds is 8. The minimum absolute atomic E-state index is 0.0987. The Kier molecular flexibility index (Phi) is 7.19. The summed E-state index contributed by atoms with van der Waals surface area (Å²) < 4.78 is 29.5. The van der Waals surface area contributed by atoms with Crippen LogP contribution in [0.1, 0.15) is 26.0 Å². The van der Waals surface area contributed by atoms with Crippen LogP contribution < -0.4 is 19.5 Å². The first kappa shape index (κ1) is 24.3. The fourth-order valence-electron chi connectivity index (χ4n) is 3.91. The molecule has 5 rings (SSSR count). The van der Waals surface area contributed by atoms with E-state index in [4.69, 9.17) is 9.47 Å². The largest absolute Gasteiger partial charge is 0.491 e. The standard InChI is InChI=1S/C25H28FN7O2S/c1-14(2)34-18-8-11-28-21(12-18)36-33-17-6-4-16(5-7-17)23-29-24-22(15(3)31-32-24)25(30-23)35-20-9-10-27-13-19(20)26/h4-8,11-12,14,19-20,27,33H,9-10,13H2,1-3H3,(H,29,30,31,32). The SMILES string of the molecule is Cc1[nH]nc2nc(-c3ccc(NSc4cc(OC(C)C)ccn4)cc3)nc(OC3CCNCC3F)c12. The summed E-state index contributed by atoms with van der Waals surface area (Å²) in [5, 5.41) is 11.7. The van der Waals surface area contributed by atoms with Crippen molar-refractivity contribution in [3.05, 3.63) is 48.3 Å². The summed E-state index contributed by atoms with van der Waals surface area (Å²) in [6.07, 6.45) is 0.728. The van der Waals surface area contributed by atoms with Crippen LogP contribution in [0.5, 0.6) is 11.6 Å². The van der Waals surface area contributed by atoms with E-state index < -0.39 is 12.3 Å². The first-order valence-electron chi connectivity index (χ1n) is 11.9. The Bertz CT molecular complexity index is 1330. The van der Waals surface area contributed by atoms with E-state index in [0.717, 1.165) is 27.7 Å². The van der Waals surface area contributed by atoms with Crippen molar-refractivity contribution in [3.63, 3.8) is 0 Å². The van der Waals surface area contributed by atoms with Gasteiger partial charge in [-0.15, -0.1) is 0 Å². The Morgan fingerprint density at radius 3 is 2.78 bits per heavy atom. The molecule has 0 radical (unpaired) electrons. The van der Waals surface area contributed by atoms with E-state index in [2.05, 4.69) is 35.2 Å². The number of H-pyrrole nitrogens is 1. The Morgan fingerprint density at radius 2 is 2.00 bits per heavy atom. The highest BCUT2D eigenvalue weighted by Gasteiger charge is 2.28. The summed E-state index contributed by atoms with van der Waals surface area (Å²) in [6.45, 7) is 6.82. The van der Waals surface area contributed by atoms with Gasteiger partial charge in [0.15, 0.2) is 11.5 Å². The van der Waals surface area contributed by atoms with Gasteiger partial charge in [0.05, 0.1) is 6.10 Å². The van der Waals surface area contributed by atoms with Crippen LogP contribution in [-0.2, 0) is 0 Å². The molecule has 0 spiro atoms. The maximum absolute atomic E-state index is 14.4. The third kappa shape index (κ3) is 5.52. The molecular weight excluding hydrogens is 481 g/mol. The number of hydrogen-bond donors (Lipinski definition) is 3. The molecule has 9 nitrogen and oxygen atoms in total. The summed E-state index contributed by atoms with van der Waals surface area (Å²) in [6, 6.07) is 11.4. The Labute approximate surface area is 212 Å². The van der Waals surface area contributed by atoms with Gasteiger partial charge in [-0.05, 0) is 64.1 Å². The fourth-order valence-corrected chi connectivity index (χ4v) is 4.56. The highest BCUT2D eigenvalue weighted by molar-refractivity contribution is 8.00. The zero-order chi connectivity index (χ0) is 25.1. The number of hydrogen-bond acceptors (Lipinski definition) is 9. The summed E-state index contributed by atoms with van der Waals surface area (Å²) in [5.41, 5.74) is 2.96. The molecule has 2 unspecified atom stereocenters. The first-order chi connectivity index (χ1) is 17.5. The number of nitrogens with zero attached hydrogens (tertiary/aromatic N) is 4. The van der Waals surface area contributed by atoms with E-state index in [1.807, 2.05) is 57.2 Å². The molecule has 188 valence electrons. The zero-order valence-electron chi connectivity index (χ0n) is 20.3. The lowest BCUT2D eigenvalue weighted by molar-refractivity contribution is 0.0707. The van der Waals surface area contributed by atoms with Crippen LogP contribution in [0.4, 0.5) is 10.1 Å². The van der Waals surface area contributed by atoms with Crippen molar-refractivity contribution in [1.29, 1.82) is 0 Å². The molecule has 11 heteroatoms. The second-order valence-electron chi connectivity index (χ2n) is 8.84. The molecule has 3 aromatic heterocycles. The van der Waals surface area contributed by atoms with Crippen LogP contribution in [0.15, 0.2) is 47.6 Å². The molecule has 36 heavy (non-hydrogen) atoms. The lowest BCUT2D eigenvalue weighted by Crippen LogP contribution is -2.44. The van der Waals surface area contributed by atoms with Crippen molar-refractivity contribution in [2.45, 2.75) is 50.6 Å². The first-order valence-corrected chi connectivity index (χ1v) is 12.7. The van der Waals surface area contributed by atoms with E-state index in [1.165, 1.54) is 11.9 Å². The van der Waals surface area contributed by atoms with E-state index in [9.17, 15) is 4.39 Å². The molecule has 1 fully saturated rings. The minimum atomic E-state index is -1.10. The van der Waals surface area contributed by atoms with Gasteiger partial charge in [0.2, 0.25) is 5.88 Å². The molecule has 4 heterocycles. The predicted molar refractivity (Wildman–Crippen MR) is 138 cm³/mol. The van der Waals surface area contributed by atoms with Crippen LogP contribution in [0.3, 0.4) is 0 Å². The molecule has 0 bridgehead atoms. The van der Waals surface area contributed by atoms with Crippen molar-refractivity contribution >= 4 is 28.7 Å². The molecular formula is C25H28FN7O2S. The number of aromatic amines is 1. The van der Waals surface area contributed by atoms with E-state index in [-0.39, 0.29) is 12.6 Å². The topological polar surface area (TPSA) is 110 Å². The number of fused-ring (bicyclic) bond motifs is 1. The van der Waals surface area contributed by atoms with Crippen molar-refractivity contribution in [3.8, 4) is 23.0 Å². The van der Waals surface area contributed by atoms with Gasteiger partial charge >= 0.3 is 0 Å². The Hall–Kier alpha value is -3.44. The number of halogens is 1. The van der Waals surface area contributed by atoms with Gasteiger partial charge in [0.25, 0.3) is 0 Å². The number of aryl methyl sites for hydroxylation is 1. The van der Waals surface area contributed by atoms with Crippen LogP contribution in [0.2, 0.25) is 0 Å². The molecule has 0 aliphatic carbocycles. The van der Waals surface area contributed by atoms with Gasteiger partial charge in [0.1, 0.15) is 28.4 Å². The maximum atomic E-state index is 14.4. The maximum Gasteiger partial charge on any atom is 0.229 e. The smallest absolute Gasteiger partial charge is 0.229 e. The number of benzene rings is 1. The zero-order valence-corrected chi connectivity index (χ0v) is 21.1. The summed E-state index contributed by atoms with van der Waals surface area (Å²) in [5.74, 6) is 1.60. The Balaban J connectivity index is 1.33. The Morgan fingerprint density at radius 1 is 1.17 bits per heavy atom. The van der Waals surface area contributed by atoms with Crippen LogP contribution in [0, 0.1) is 6.92 Å². The van der Waals surface area contributed by atoms with Crippen molar-refractivity contribution < 1.29 is 13.9 Å². The van der Waals surface area contributed by atoms with Gasteiger partial charge in [0, 0.05) is 47.7 Å². The number of pyridine rings is 1. The van der Waals surface area contributed by atoms with Crippen LogP contribution >= 0.6 is 11.9 Å². The quantitative estimate of drug-likeness (QED) is 0.291. The van der Waals surface area contributed by atoms with E-state index in [1.54, 1.807) is 6.20 Å².